The van der Waals surface area contributed by atoms with Gasteiger partial charge in [0.15, 0.2) is 0 Å². The van der Waals surface area contributed by atoms with Gasteiger partial charge in [0.05, 0.1) is 18.5 Å². The SMILES string of the molecule is Cn1cc(C[C@@H]2[C@@H](NS(C)(=O)=O)CCN2C(N)=O)cn1. The Balaban J connectivity index is 2.18. The van der Waals surface area contributed by atoms with Crippen LogP contribution in [0.1, 0.15) is 12.0 Å². The molecule has 1 aromatic heterocycles. The van der Waals surface area contributed by atoms with E-state index in [-0.39, 0.29) is 12.1 Å². The zero-order valence-electron chi connectivity index (χ0n) is 11.5. The number of carbonyl (C=O) groups is 1. The lowest BCUT2D eigenvalue weighted by atomic mass is 10.0. The molecule has 9 heteroatoms. The van der Waals surface area contributed by atoms with Gasteiger partial charge in [0.25, 0.3) is 0 Å². The summed E-state index contributed by atoms with van der Waals surface area (Å²) in [4.78, 5) is 13.0. The monoisotopic (exact) mass is 301 g/mol. The second-order valence-corrected chi connectivity index (χ2v) is 6.89. The van der Waals surface area contributed by atoms with E-state index in [1.807, 2.05) is 6.20 Å². The van der Waals surface area contributed by atoms with Crippen LogP contribution in [0.3, 0.4) is 0 Å². The van der Waals surface area contributed by atoms with Crippen LogP contribution in [-0.4, -0.2) is 54.0 Å². The van der Waals surface area contributed by atoms with Crippen molar-refractivity contribution in [2.45, 2.75) is 24.9 Å². The molecule has 1 aromatic rings. The standard InChI is InChI=1S/C11H19N5O3S/c1-15-7-8(6-13-15)5-10-9(14-20(2,18)19)3-4-16(10)11(12)17/h6-7,9-10,14H,3-5H2,1-2H3,(H2,12,17)/t9-,10+/m0/s1. The van der Waals surface area contributed by atoms with Gasteiger partial charge in [-0.3, -0.25) is 4.68 Å². The molecular weight excluding hydrogens is 282 g/mol. The maximum Gasteiger partial charge on any atom is 0.315 e. The fraction of sp³-hybridized carbons (Fsp3) is 0.636. The highest BCUT2D eigenvalue weighted by atomic mass is 32.2. The van der Waals surface area contributed by atoms with Crippen LogP contribution in [0.15, 0.2) is 12.4 Å². The highest BCUT2D eigenvalue weighted by Crippen LogP contribution is 2.22. The summed E-state index contributed by atoms with van der Waals surface area (Å²) in [5.41, 5.74) is 6.30. The lowest BCUT2D eigenvalue weighted by molar-refractivity contribution is 0.199. The Morgan fingerprint density at radius 1 is 1.60 bits per heavy atom. The van der Waals surface area contributed by atoms with E-state index in [1.54, 1.807) is 17.9 Å². The summed E-state index contributed by atoms with van der Waals surface area (Å²) in [5.74, 6) is 0. The van der Waals surface area contributed by atoms with Crippen molar-refractivity contribution < 1.29 is 13.2 Å². The van der Waals surface area contributed by atoms with Crippen LogP contribution in [-0.2, 0) is 23.5 Å². The number of likely N-dealkylation sites (tertiary alicyclic amines) is 1. The van der Waals surface area contributed by atoms with Crippen LogP contribution >= 0.6 is 0 Å². The zero-order chi connectivity index (χ0) is 14.9. The molecule has 2 heterocycles. The van der Waals surface area contributed by atoms with Crippen molar-refractivity contribution in [2.24, 2.45) is 12.8 Å². The van der Waals surface area contributed by atoms with Gasteiger partial charge in [0.2, 0.25) is 10.0 Å². The average molecular weight is 301 g/mol. The highest BCUT2D eigenvalue weighted by molar-refractivity contribution is 7.88. The number of urea groups is 1. The molecular formula is C11H19N5O3S. The molecule has 0 bridgehead atoms. The number of rotatable bonds is 4. The molecule has 0 aromatic carbocycles. The van der Waals surface area contributed by atoms with E-state index < -0.39 is 16.1 Å². The van der Waals surface area contributed by atoms with Crippen molar-refractivity contribution in [1.29, 1.82) is 0 Å². The molecule has 1 saturated heterocycles. The normalized spacial score (nSPS) is 23.2. The Bertz CT molecular complexity index is 597. The molecule has 8 nitrogen and oxygen atoms in total. The number of aryl methyl sites for hydroxylation is 1. The molecule has 2 amide bonds. The van der Waals surface area contributed by atoms with Gasteiger partial charge in [-0.1, -0.05) is 0 Å². The number of nitrogens with zero attached hydrogens (tertiary/aromatic N) is 3. The Kier molecular flexibility index (Phi) is 4.00. The maximum atomic E-state index is 11.5. The summed E-state index contributed by atoms with van der Waals surface area (Å²) >= 11 is 0. The minimum atomic E-state index is -3.33. The van der Waals surface area contributed by atoms with Gasteiger partial charge in [-0.25, -0.2) is 17.9 Å². The first-order chi connectivity index (χ1) is 9.26. The van der Waals surface area contributed by atoms with Crippen molar-refractivity contribution >= 4 is 16.1 Å². The van der Waals surface area contributed by atoms with Gasteiger partial charge in [0, 0.05) is 25.8 Å². The number of amides is 2. The second-order valence-electron chi connectivity index (χ2n) is 5.11. The topological polar surface area (TPSA) is 110 Å². The van der Waals surface area contributed by atoms with Crippen LogP contribution in [0.25, 0.3) is 0 Å². The number of nitrogens with two attached hydrogens (primary N) is 1. The first kappa shape index (κ1) is 14.8. The van der Waals surface area contributed by atoms with Crippen molar-refractivity contribution in [3.05, 3.63) is 18.0 Å². The lowest BCUT2D eigenvalue weighted by Gasteiger charge is -2.26. The summed E-state index contributed by atoms with van der Waals surface area (Å²) in [6.45, 7) is 0.452. The van der Waals surface area contributed by atoms with Crippen molar-refractivity contribution in [2.75, 3.05) is 12.8 Å². The van der Waals surface area contributed by atoms with Crippen LogP contribution in [0.4, 0.5) is 4.79 Å². The number of carbonyl (C=O) groups excluding carboxylic acids is 1. The third kappa shape index (κ3) is 3.48. The van der Waals surface area contributed by atoms with Gasteiger partial charge in [-0.15, -0.1) is 0 Å². The van der Waals surface area contributed by atoms with E-state index in [2.05, 4.69) is 9.82 Å². The van der Waals surface area contributed by atoms with Gasteiger partial charge in [-0.05, 0) is 18.4 Å². The van der Waals surface area contributed by atoms with Crippen molar-refractivity contribution in [3.63, 3.8) is 0 Å². The molecule has 0 unspecified atom stereocenters. The molecule has 0 radical (unpaired) electrons. The molecule has 2 rings (SSSR count). The fourth-order valence-corrected chi connectivity index (χ4v) is 3.44. The molecule has 3 N–H and O–H groups in total. The average Bonchev–Trinajstić information content (AvgIpc) is 2.85. The number of nitrogens with one attached hydrogen (secondary N) is 1. The van der Waals surface area contributed by atoms with Gasteiger partial charge in [0.1, 0.15) is 0 Å². The van der Waals surface area contributed by atoms with Crippen molar-refractivity contribution in [1.82, 2.24) is 19.4 Å². The summed E-state index contributed by atoms with van der Waals surface area (Å²) in [6.07, 6.45) is 5.73. The van der Waals surface area contributed by atoms with E-state index >= 15 is 0 Å². The number of hydrogen-bond donors (Lipinski definition) is 2. The Morgan fingerprint density at radius 3 is 2.80 bits per heavy atom. The smallest absolute Gasteiger partial charge is 0.315 e. The molecule has 2 atom stereocenters. The largest absolute Gasteiger partial charge is 0.351 e. The van der Waals surface area contributed by atoms with Crippen LogP contribution in [0.5, 0.6) is 0 Å². The molecule has 112 valence electrons. The van der Waals surface area contributed by atoms with Crippen LogP contribution in [0, 0.1) is 0 Å². The predicted molar refractivity (Wildman–Crippen MR) is 73.4 cm³/mol. The Hall–Kier alpha value is -1.61. The molecule has 0 saturated carbocycles. The molecule has 1 aliphatic heterocycles. The first-order valence-corrected chi connectivity index (χ1v) is 8.16. The third-order valence-corrected chi connectivity index (χ3v) is 4.13. The van der Waals surface area contributed by atoms with E-state index in [0.717, 1.165) is 11.8 Å². The summed E-state index contributed by atoms with van der Waals surface area (Å²) in [6, 6.07) is -1.14. The Labute approximate surface area is 118 Å². The van der Waals surface area contributed by atoms with Crippen LogP contribution < -0.4 is 10.5 Å². The first-order valence-electron chi connectivity index (χ1n) is 6.27. The summed E-state index contributed by atoms with van der Waals surface area (Å²) < 4.78 is 27.0. The van der Waals surface area contributed by atoms with Gasteiger partial charge < -0.3 is 10.6 Å². The minimum absolute atomic E-state index is 0.286. The number of primary amides is 1. The van der Waals surface area contributed by atoms with Crippen LogP contribution in [0.2, 0.25) is 0 Å². The lowest BCUT2D eigenvalue weighted by Crippen LogP contribution is -2.49. The quantitative estimate of drug-likeness (QED) is 0.745. The molecule has 1 fully saturated rings. The number of aromatic nitrogens is 2. The zero-order valence-corrected chi connectivity index (χ0v) is 12.3. The highest BCUT2D eigenvalue weighted by Gasteiger charge is 2.37. The second kappa shape index (κ2) is 5.41. The number of hydrogen-bond acceptors (Lipinski definition) is 4. The van der Waals surface area contributed by atoms with Gasteiger partial charge >= 0.3 is 6.03 Å². The summed E-state index contributed by atoms with van der Waals surface area (Å²) in [5, 5.41) is 4.07. The Morgan fingerprint density at radius 2 is 2.30 bits per heavy atom. The van der Waals surface area contributed by atoms with Crippen molar-refractivity contribution in [3.8, 4) is 0 Å². The summed E-state index contributed by atoms with van der Waals surface area (Å²) in [7, 11) is -1.52. The molecule has 1 aliphatic rings. The van der Waals surface area contributed by atoms with E-state index in [0.29, 0.717) is 19.4 Å². The van der Waals surface area contributed by atoms with E-state index in [9.17, 15) is 13.2 Å². The van der Waals surface area contributed by atoms with Gasteiger partial charge in [-0.2, -0.15) is 5.10 Å². The fourth-order valence-electron chi connectivity index (χ4n) is 2.61. The van der Waals surface area contributed by atoms with E-state index in [4.69, 9.17) is 5.73 Å². The third-order valence-electron chi connectivity index (χ3n) is 3.40. The molecule has 20 heavy (non-hydrogen) atoms. The van der Waals surface area contributed by atoms with E-state index in [1.165, 1.54) is 4.90 Å². The molecule has 0 aliphatic carbocycles. The predicted octanol–water partition coefficient (Wildman–Crippen LogP) is -0.967. The maximum absolute atomic E-state index is 11.5. The minimum Gasteiger partial charge on any atom is -0.351 e. The molecule has 0 spiro atoms. The number of sulfonamides is 1.